The molecular formula is C24H32N6O2. The maximum Gasteiger partial charge on any atom is 0.348 e. The van der Waals surface area contributed by atoms with Crippen LogP contribution in [0, 0.1) is 5.41 Å². The lowest BCUT2D eigenvalue weighted by atomic mass is 9.60. The summed E-state index contributed by atoms with van der Waals surface area (Å²) in [6.45, 7) is 4.60. The Hall–Kier alpha value is -2.71. The van der Waals surface area contributed by atoms with Crippen molar-refractivity contribution in [2.45, 2.75) is 37.6 Å². The van der Waals surface area contributed by atoms with Gasteiger partial charge in [0, 0.05) is 38.6 Å². The number of anilines is 1. The van der Waals surface area contributed by atoms with Crippen LogP contribution >= 0.6 is 0 Å². The molecule has 2 aromatic rings. The molecule has 0 bridgehead atoms. The van der Waals surface area contributed by atoms with Crippen LogP contribution < -0.4 is 11.0 Å². The molecule has 0 radical (unpaired) electrons. The normalized spacial score (nSPS) is 23.9. The summed E-state index contributed by atoms with van der Waals surface area (Å²) in [4.78, 5) is 31.7. The number of likely N-dealkylation sites (tertiary alicyclic amines) is 2. The molecule has 0 amide bonds. The van der Waals surface area contributed by atoms with Crippen molar-refractivity contribution < 1.29 is 4.79 Å². The second-order valence-electron chi connectivity index (χ2n) is 9.78. The fourth-order valence-corrected chi connectivity index (χ4v) is 6.09. The Morgan fingerprint density at radius 2 is 2.09 bits per heavy atom. The van der Waals surface area contributed by atoms with E-state index in [9.17, 15) is 9.59 Å². The number of H-pyrrole nitrogens is 1. The predicted molar refractivity (Wildman–Crippen MR) is 125 cm³/mol. The zero-order valence-electron chi connectivity index (χ0n) is 18.9. The Labute approximate surface area is 188 Å². The van der Waals surface area contributed by atoms with Crippen molar-refractivity contribution >= 4 is 18.0 Å². The summed E-state index contributed by atoms with van der Waals surface area (Å²) in [5.74, 6) is 1.02. The van der Waals surface area contributed by atoms with Crippen molar-refractivity contribution in [3.05, 3.63) is 46.1 Å². The van der Waals surface area contributed by atoms with Crippen LogP contribution in [-0.2, 0) is 4.79 Å². The van der Waals surface area contributed by atoms with Gasteiger partial charge in [-0.25, -0.2) is 4.79 Å². The van der Waals surface area contributed by atoms with E-state index in [1.807, 2.05) is 18.2 Å². The maximum atomic E-state index is 12.8. The number of benzene rings is 1. The summed E-state index contributed by atoms with van der Waals surface area (Å²) in [5.41, 5.74) is 2.62. The van der Waals surface area contributed by atoms with E-state index >= 15 is 0 Å². The van der Waals surface area contributed by atoms with Crippen LogP contribution in [-0.4, -0.2) is 77.2 Å². The van der Waals surface area contributed by atoms with E-state index in [4.69, 9.17) is 5.10 Å². The molecule has 1 atom stereocenters. The molecule has 5 rings (SSSR count). The lowest BCUT2D eigenvalue weighted by Gasteiger charge is -2.61. The van der Waals surface area contributed by atoms with Crippen molar-refractivity contribution in [2.24, 2.45) is 5.41 Å². The SMILES string of the molecule is CNc1c(/C=C\C=O)cccc1-n1nc(C2CCCN(C3CC4(C3)CN(C)C4)C2)[nH]c1=O. The van der Waals surface area contributed by atoms with Gasteiger partial charge in [-0.2, -0.15) is 4.68 Å². The number of hydrogen-bond donors (Lipinski definition) is 2. The van der Waals surface area contributed by atoms with Gasteiger partial charge >= 0.3 is 5.69 Å². The first-order valence-electron chi connectivity index (χ1n) is 11.6. The van der Waals surface area contributed by atoms with Gasteiger partial charge in [0.1, 0.15) is 12.1 Å². The minimum absolute atomic E-state index is 0.231. The second-order valence-corrected chi connectivity index (χ2v) is 9.78. The number of carbonyl (C=O) groups is 1. The van der Waals surface area contributed by atoms with Gasteiger partial charge in [0.05, 0.1) is 11.4 Å². The first kappa shape index (κ1) is 21.2. The van der Waals surface area contributed by atoms with Crippen molar-refractivity contribution in [1.82, 2.24) is 24.6 Å². The van der Waals surface area contributed by atoms with E-state index < -0.39 is 0 Å². The van der Waals surface area contributed by atoms with Gasteiger partial charge in [-0.05, 0) is 68.5 Å². The van der Waals surface area contributed by atoms with Gasteiger partial charge in [0.2, 0.25) is 0 Å². The van der Waals surface area contributed by atoms with E-state index in [-0.39, 0.29) is 11.6 Å². The molecule has 2 aliphatic heterocycles. The highest BCUT2D eigenvalue weighted by molar-refractivity contribution is 5.81. The molecule has 1 saturated carbocycles. The van der Waals surface area contributed by atoms with Crippen molar-refractivity contribution in [3.8, 4) is 5.69 Å². The average molecular weight is 437 g/mol. The van der Waals surface area contributed by atoms with Crippen LogP contribution in [0.25, 0.3) is 11.8 Å². The van der Waals surface area contributed by atoms with Crippen LogP contribution in [0.4, 0.5) is 5.69 Å². The van der Waals surface area contributed by atoms with Gasteiger partial charge in [-0.1, -0.05) is 12.1 Å². The standard InChI is InChI=1S/C24H32N6O2/c1-25-21-17(8-5-11-31)6-3-9-20(21)30-23(32)26-22(27-30)18-7-4-10-29(14-18)19-12-24(13-19)15-28(2)16-24/h3,5-6,8-9,11,18-19,25H,4,7,10,12-16H2,1-2H3,(H,26,27,32)/b8-5-. The molecule has 2 N–H and O–H groups in total. The molecule has 3 aliphatic rings. The lowest BCUT2D eigenvalue weighted by molar-refractivity contribution is -0.104. The maximum absolute atomic E-state index is 12.8. The minimum atomic E-state index is -0.231. The van der Waals surface area contributed by atoms with E-state index in [1.165, 1.54) is 36.7 Å². The monoisotopic (exact) mass is 436 g/mol. The minimum Gasteiger partial charge on any atom is -0.386 e. The average Bonchev–Trinajstić information content (AvgIpc) is 3.15. The molecule has 8 nitrogen and oxygen atoms in total. The fraction of sp³-hybridized carbons (Fsp3) is 0.542. The van der Waals surface area contributed by atoms with E-state index in [0.29, 0.717) is 17.1 Å². The zero-order chi connectivity index (χ0) is 22.3. The Balaban J connectivity index is 1.34. The predicted octanol–water partition coefficient (Wildman–Crippen LogP) is 2.09. The van der Waals surface area contributed by atoms with Crippen LogP contribution in [0.2, 0.25) is 0 Å². The van der Waals surface area contributed by atoms with Gasteiger partial charge in [0.25, 0.3) is 0 Å². The summed E-state index contributed by atoms with van der Waals surface area (Å²) >= 11 is 0. The summed E-state index contributed by atoms with van der Waals surface area (Å²) < 4.78 is 1.45. The smallest absolute Gasteiger partial charge is 0.348 e. The third kappa shape index (κ3) is 3.71. The molecule has 1 unspecified atom stereocenters. The lowest BCUT2D eigenvalue weighted by Crippen LogP contribution is -2.66. The molecule has 1 aliphatic carbocycles. The largest absolute Gasteiger partial charge is 0.386 e. The van der Waals surface area contributed by atoms with Crippen LogP contribution in [0.5, 0.6) is 0 Å². The van der Waals surface area contributed by atoms with Crippen LogP contribution in [0.15, 0.2) is 29.1 Å². The quantitative estimate of drug-likeness (QED) is 0.533. The molecule has 2 saturated heterocycles. The highest BCUT2D eigenvalue weighted by Crippen LogP contribution is 2.50. The Morgan fingerprint density at radius 1 is 1.28 bits per heavy atom. The molecule has 32 heavy (non-hydrogen) atoms. The molecule has 170 valence electrons. The van der Waals surface area contributed by atoms with Crippen molar-refractivity contribution in [2.75, 3.05) is 45.6 Å². The number of aromatic amines is 1. The molecular weight excluding hydrogens is 404 g/mol. The number of hydrogen-bond acceptors (Lipinski definition) is 6. The number of para-hydroxylation sites is 1. The Morgan fingerprint density at radius 3 is 2.81 bits per heavy atom. The first-order valence-corrected chi connectivity index (χ1v) is 11.6. The molecule has 8 heteroatoms. The zero-order valence-corrected chi connectivity index (χ0v) is 18.9. The number of piperidine rings is 1. The highest BCUT2D eigenvalue weighted by Gasteiger charge is 2.52. The van der Waals surface area contributed by atoms with Crippen LogP contribution in [0.3, 0.4) is 0 Å². The van der Waals surface area contributed by atoms with Gasteiger partial charge in [-0.15, -0.1) is 5.10 Å². The fourth-order valence-electron chi connectivity index (χ4n) is 6.09. The second kappa shape index (κ2) is 8.33. The molecule has 3 fully saturated rings. The number of rotatable bonds is 6. The topological polar surface area (TPSA) is 86.3 Å². The third-order valence-electron chi connectivity index (χ3n) is 7.45. The van der Waals surface area contributed by atoms with E-state index in [1.54, 1.807) is 13.1 Å². The Kier molecular flexibility index (Phi) is 5.51. The summed E-state index contributed by atoms with van der Waals surface area (Å²) in [7, 11) is 4.01. The van der Waals surface area contributed by atoms with Crippen molar-refractivity contribution in [1.29, 1.82) is 0 Å². The molecule has 1 aromatic carbocycles. The summed E-state index contributed by atoms with van der Waals surface area (Å²) in [6, 6.07) is 6.32. The van der Waals surface area contributed by atoms with Gasteiger partial charge < -0.3 is 10.2 Å². The van der Waals surface area contributed by atoms with Gasteiger partial charge in [0.15, 0.2) is 0 Å². The molecule has 3 heterocycles. The number of carbonyl (C=O) groups excluding carboxylic acids is 1. The number of aldehydes is 1. The van der Waals surface area contributed by atoms with E-state index in [2.05, 4.69) is 27.1 Å². The number of nitrogens with zero attached hydrogens (tertiary/aromatic N) is 4. The summed E-state index contributed by atoms with van der Waals surface area (Å²) in [6.07, 6.45) is 8.71. The molecule has 1 spiro atoms. The third-order valence-corrected chi connectivity index (χ3v) is 7.45. The number of nitrogens with one attached hydrogen (secondary N) is 2. The first-order chi connectivity index (χ1) is 15.5. The summed E-state index contributed by atoms with van der Waals surface area (Å²) in [5, 5.41) is 7.87. The highest BCUT2D eigenvalue weighted by atomic mass is 16.2. The molecule has 1 aromatic heterocycles. The number of aromatic nitrogens is 3. The van der Waals surface area contributed by atoms with Gasteiger partial charge in [-0.3, -0.25) is 14.7 Å². The van der Waals surface area contributed by atoms with Crippen molar-refractivity contribution in [3.63, 3.8) is 0 Å². The Bertz CT molecular complexity index is 1070. The van der Waals surface area contributed by atoms with E-state index in [0.717, 1.165) is 49.3 Å². The number of allylic oxidation sites excluding steroid dienone is 1. The van der Waals surface area contributed by atoms with Crippen LogP contribution in [0.1, 0.15) is 43.0 Å².